The van der Waals surface area contributed by atoms with Gasteiger partial charge in [0.05, 0.1) is 5.69 Å². The van der Waals surface area contributed by atoms with Gasteiger partial charge in [-0.2, -0.15) is 0 Å². The molecule has 1 amide bonds. The number of carbonyl (C=O) groups excluding carboxylic acids is 1. The lowest BCUT2D eigenvalue weighted by Gasteiger charge is -2.18. The van der Waals surface area contributed by atoms with Crippen LogP contribution in [0.5, 0.6) is 5.75 Å². The Hall–Kier alpha value is -2.30. The second-order valence-electron chi connectivity index (χ2n) is 3.71. The average Bonchev–Trinajstić information content (AvgIpc) is 2.27. The predicted molar refractivity (Wildman–Crippen MR) is 61.9 cm³/mol. The summed E-state index contributed by atoms with van der Waals surface area (Å²) < 4.78 is 5.20. The highest BCUT2D eigenvalue weighted by Crippen LogP contribution is 2.30. The van der Waals surface area contributed by atoms with Crippen LogP contribution in [0.3, 0.4) is 0 Å². The topological polar surface area (TPSA) is 75.6 Å². The molecule has 0 saturated heterocycles. The molecule has 0 radical (unpaired) electrons. The molecule has 0 aromatic heterocycles. The summed E-state index contributed by atoms with van der Waals surface area (Å²) in [5, 5.41) is 11.3. The third kappa shape index (κ3) is 2.44. The van der Waals surface area contributed by atoms with Crippen LogP contribution >= 0.6 is 0 Å². The molecule has 5 nitrogen and oxygen atoms in total. The van der Waals surface area contributed by atoms with Gasteiger partial charge in [0.25, 0.3) is 5.91 Å². The molecule has 1 heterocycles. The Bertz CT molecular complexity index is 519. The Kier molecular flexibility index (Phi) is 2.82. The molecular formula is C12H11NO4. The van der Waals surface area contributed by atoms with Gasteiger partial charge in [0.1, 0.15) is 5.75 Å². The maximum Gasteiger partial charge on any atom is 0.328 e. The van der Waals surface area contributed by atoms with Crippen LogP contribution in [0.1, 0.15) is 12.5 Å². The minimum atomic E-state index is -1.000. The summed E-state index contributed by atoms with van der Waals surface area (Å²) in [6, 6.07) is 5.16. The summed E-state index contributed by atoms with van der Waals surface area (Å²) >= 11 is 0. The number of hydrogen-bond donors (Lipinski definition) is 2. The summed E-state index contributed by atoms with van der Waals surface area (Å²) in [7, 11) is 0. The van der Waals surface area contributed by atoms with Crippen molar-refractivity contribution >= 4 is 23.1 Å². The second-order valence-corrected chi connectivity index (χ2v) is 3.71. The molecule has 1 aliphatic heterocycles. The fraction of sp³-hybridized carbons (Fsp3) is 0.167. The largest absolute Gasteiger partial charge is 0.482 e. The van der Waals surface area contributed by atoms with Crippen LogP contribution in [-0.4, -0.2) is 23.6 Å². The van der Waals surface area contributed by atoms with E-state index < -0.39 is 5.97 Å². The van der Waals surface area contributed by atoms with Gasteiger partial charge in [-0.05, 0) is 30.2 Å². The fourth-order valence-electron chi connectivity index (χ4n) is 1.60. The number of aliphatic carboxylic acids is 1. The zero-order valence-corrected chi connectivity index (χ0v) is 9.19. The van der Waals surface area contributed by atoms with Gasteiger partial charge in [-0.15, -0.1) is 0 Å². The summed E-state index contributed by atoms with van der Waals surface area (Å²) in [6.07, 6.45) is 1.12. The highest BCUT2D eigenvalue weighted by atomic mass is 16.5. The number of fused-ring (bicyclic) bond motifs is 1. The van der Waals surface area contributed by atoms with Gasteiger partial charge >= 0.3 is 5.97 Å². The Morgan fingerprint density at radius 1 is 1.53 bits per heavy atom. The van der Waals surface area contributed by atoms with Crippen molar-refractivity contribution in [3.8, 4) is 5.75 Å². The summed E-state index contributed by atoms with van der Waals surface area (Å²) in [6.45, 7) is 1.71. The lowest BCUT2D eigenvalue weighted by atomic mass is 10.1. The lowest BCUT2D eigenvalue weighted by molar-refractivity contribution is -0.131. The molecule has 2 rings (SSSR count). The molecule has 0 unspecified atom stereocenters. The van der Waals surface area contributed by atoms with Crippen molar-refractivity contribution in [2.24, 2.45) is 0 Å². The Labute approximate surface area is 97.7 Å². The smallest absolute Gasteiger partial charge is 0.328 e. The number of amides is 1. The quantitative estimate of drug-likeness (QED) is 0.759. The maximum absolute atomic E-state index is 11.1. The van der Waals surface area contributed by atoms with Crippen LogP contribution in [0.25, 0.3) is 5.57 Å². The number of ether oxygens (including phenoxy) is 1. The molecule has 88 valence electrons. The van der Waals surface area contributed by atoms with Crippen molar-refractivity contribution in [3.05, 3.63) is 29.8 Å². The molecule has 1 aliphatic rings. The molecule has 0 aliphatic carbocycles. The first kappa shape index (κ1) is 11.2. The molecule has 2 N–H and O–H groups in total. The van der Waals surface area contributed by atoms with E-state index in [2.05, 4.69) is 5.32 Å². The molecule has 0 fully saturated rings. The van der Waals surface area contributed by atoms with Gasteiger partial charge in [0, 0.05) is 6.08 Å². The predicted octanol–water partition coefficient (Wildman–Crippen LogP) is 1.51. The van der Waals surface area contributed by atoms with Crippen molar-refractivity contribution in [3.63, 3.8) is 0 Å². The van der Waals surface area contributed by atoms with Crippen LogP contribution in [0, 0.1) is 0 Å². The fourth-order valence-corrected chi connectivity index (χ4v) is 1.60. The van der Waals surface area contributed by atoms with Gasteiger partial charge in [0.15, 0.2) is 6.61 Å². The minimum Gasteiger partial charge on any atom is -0.482 e. The molecule has 0 saturated carbocycles. The zero-order valence-electron chi connectivity index (χ0n) is 9.19. The highest BCUT2D eigenvalue weighted by Gasteiger charge is 2.16. The van der Waals surface area contributed by atoms with Gasteiger partial charge in [-0.25, -0.2) is 4.79 Å². The zero-order chi connectivity index (χ0) is 12.4. The summed E-state index contributed by atoms with van der Waals surface area (Å²) in [5.41, 5.74) is 1.91. The van der Waals surface area contributed by atoms with E-state index in [-0.39, 0.29) is 12.5 Å². The normalized spacial score (nSPS) is 14.6. The van der Waals surface area contributed by atoms with Gasteiger partial charge in [-0.1, -0.05) is 6.07 Å². The molecule has 5 heteroatoms. The molecular weight excluding hydrogens is 222 g/mol. The van der Waals surface area contributed by atoms with Gasteiger partial charge < -0.3 is 15.2 Å². The maximum atomic E-state index is 11.1. The van der Waals surface area contributed by atoms with E-state index in [9.17, 15) is 9.59 Å². The molecule has 1 aromatic carbocycles. The third-order valence-electron chi connectivity index (χ3n) is 2.41. The van der Waals surface area contributed by atoms with Crippen LogP contribution in [0.4, 0.5) is 5.69 Å². The van der Waals surface area contributed by atoms with E-state index >= 15 is 0 Å². The molecule has 0 bridgehead atoms. The van der Waals surface area contributed by atoms with Crippen LogP contribution < -0.4 is 10.1 Å². The van der Waals surface area contributed by atoms with Crippen LogP contribution in [0.15, 0.2) is 24.3 Å². The van der Waals surface area contributed by atoms with E-state index in [4.69, 9.17) is 9.84 Å². The summed E-state index contributed by atoms with van der Waals surface area (Å²) in [5.74, 6) is -0.619. The van der Waals surface area contributed by atoms with E-state index in [0.717, 1.165) is 11.6 Å². The number of carboxylic acids is 1. The van der Waals surface area contributed by atoms with E-state index in [1.807, 2.05) is 0 Å². The number of rotatable bonds is 2. The van der Waals surface area contributed by atoms with Crippen LogP contribution in [0.2, 0.25) is 0 Å². The first-order valence-corrected chi connectivity index (χ1v) is 5.04. The lowest BCUT2D eigenvalue weighted by Crippen LogP contribution is -2.25. The number of hydrogen-bond acceptors (Lipinski definition) is 3. The van der Waals surface area contributed by atoms with Gasteiger partial charge in [0.2, 0.25) is 0 Å². The van der Waals surface area contributed by atoms with Crippen LogP contribution in [-0.2, 0) is 9.59 Å². The third-order valence-corrected chi connectivity index (χ3v) is 2.41. The Morgan fingerprint density at radius 2 is 2.29 bits per heavy atom. The van der Waals surface area contributed by atoms with E-state index in [0.29, 0.717) is 17.0 Å². The van der Waals surface area contributed by atoms with Gasteiger partial charge in [-0.3, -0.25) is 4.79 Å². The highest BCUT2D eigenvalue weighted by molar-refractivity contribution is 5.96. The number of benzene rings is 1. The Morgan fingerprint density at radius 3 is 3.00 bits per heavy atom. The molecule has 1 aromatic rings. The first-order chi connectivity index (χ1) is 8.06. The van der Waals surface area contributed by atoms with Crippen molar-refractivity contribution < 1.29 is 19.4 Å². The van der Waals surface area contributed by atoms with Crippen molar-refractivity contribution in [2.75, 3.05) is 11.9 Å². The number of allylic oxidation sites excluding steroid dienone is 1. The first-order valence-electron chi connectivity index (χ1n) is 5.04. The van der Waals surface area contributed by atoms with Crippen molar-refractivity contribution in [2.45, 2.75) is 6.92 Å². The molecule has 0 atom stereocenters. The Balaban J connectivity index is 2.36. The summed E-state index contributed by atoms with van der Waals surface area (Å²) in [4.78, 5) is 21.7. The number of carboxylic acid groups (broad SMARTS) is 1. The standard InChI is InChI=1S/C12H11NO4/c1-7(4-12(15)16)8-2-3-10-9(5-8)13-11(14)6-17-10/h2-5H,6H2,1H3,(H,13,14)(H,15,16)/b7-4+. The second kappa shape index (κ2) is 4.29. The average molecular weight is 233 g/mol. The monoisotopic (exact) mass is 233 g/mol. The van der Waals surface area contributed by atoms with E-state index in [1.54, 1.807) is 25.1 Å². The molecule has 0 spiro atoms. The SMILES string of the molecule is C/C(=C\C(=O)O)c1ccc2c(c1)NC(=O)CO2. The number of nitrogens with one attached hydrogen (secondary N) is 1. The number of carbonyl (C=O) groups is 2. The molecule has 17 heavy (non-hydrogen) atoms. The number of anilines is 1. The van der Waals surface area contributed by atoms with Crippen molar-refractivity contribution in [1.82, 2.24) is 0 Å². The van der Waals surface area contributed by atoms with E-state index in [1.165, 1.54) is 0 Å². The minimum absolute atomic E-state index is 0.0102. The van der Waals surface area contributed by atoms with Crippen molar-refractivity contribution in [1.29, 1.82) is 0 Å².